The van der Waals surface area contributed by atoms with Crippen molar-refractivity contribution in [1.82, 2.24) is 9.47 Å². The monoisotopic (exact) mass is 506 g/mol. The number of ketones is 1. The van der Waals surface area contributed by atoms with Gasteiger partial charge >= 0.3 is 5.97 Å². The van der Waals surface area contributed by atoms with Crippen LogP contribution in [0.2, 0.25) is 5.02 Å². The van der Waals surface area contributed by atoms with Crippen molar-refractivity contribution in [3.05, 3.63) is 82.5 Å². The highest BCUT2D eigenvalue weighted by Gasteiger charge is 2.28. The van der Waals surface area contributed by atoms with Crippen molar-refractivity contribution in [3.63, 3.8) is 0 Å². The Balaban J connectivity index is 1.42. The highest BCUT2D eigenvalue weighted by atomic mass is 35.5. The average molecular weight is 507 g/mol. The Morgan fingerprint density at radius 3 is 2.61 bits per heavy atom. The molecule has 1 aromatic heterocycles. The molecular formula is C28H27ClN2O5. The molecule has 0 amide bonds. The fourth-order valence-corrected chi connectivity index (χ4v) is 4.91. The molecule has 0 bridgehead atoms. The molecule has 186 valence electrons. The van der Waals surface area contributed by atoms with E-state index in [9.17, 15) is 14.7 Å². The molecule has 7 nitrogen and oxygen atoms in total. The van der Waals surface area contributed by atoms with E-state index < -0.39 is 5.97 Å². The van der Waals surface area contributed by atoms with Gasteiger partial charge in [-0.25, -0.2) is 4.79 Å². The third-order valence-corrected chi connectivity index (χ3v) is 6.78. The standard InChI is InChI=1S/C28H27ClN2O5/c29-20-7-10-24-23(17-20)26(22-3-1-2-4-25(22)32)27(28(33)34)31(24)18-19-5-8-21(9-6-19)36-16-13-30-11-14-35-15-12-30/h1-3,5-10,17H,4,11-16,18H2,(H,33,34). The van der Waals surface area contributed by atoms with Gasteiger partial charge in [0.05, 0.1) is 13.2 Å². The number of benzene rings is 2. The van der Waals surface area contributed by atoms with Crippen LogP contribution in [0.3, 0.4) is 0 Å². The summed E-state index contributed by atoms with van der Waals surface area (Å²) in [4.78, 5) is 27.5. The summed E-state index contributed by atoms with van der Waals surface area (Å²) < 4.78 is 13.0. The molecule has 36 heavy (non-hydrogen) atoms. The zero-order valence-corrected chi connectivity index (χ0v) is 20.5. The van der Waals surface area contributed by atoms with Gasteiger partial charge in [0.25, 0.3) is 0 Å². The van der Waals surface area contributed by atoms with Gasteiger partial charge in [-0.3, -0.25) is 9.69 Å². The first kappa shape index (κ1) is 24.3. The van der Waals surface area contributed by atoms with E-state index in [0.29, 0.717) is 40.2 Å². The van der Waals surface area contributed by atoms with E-state index in [1.54, 1.807) is 41.0 Å². The minimum absolute atomic E-state index is 0.0769. The first-order valence-corrected chi connectivity index (χ1v) is 12.4. The van der Waals surface area contributed by atoms with Crippen LogP contribution in [-0.4, -0.2) is 65.8 Å². The molecule has 1 saturated heterocycles. The molecule has 0 unspecified atom stereocenters. The maximum Gasteiger partial charge on any atom is 0.353 e. The van der Waals surface area contributed by atoms with Crippen molar-refractivity contribution in [2.24, 2.45) is 0 Å². The van der Waals surface area contributed by atoms with Gasteiger partial charge in [-0.15, -0.1) is 0 Å². The predicted molar refractivity (Wildman–Crippen MR) is 139 cm³/mol. The first-order chi connectivity index (χ1) is 17.5. The molecule has 2 aromatic carbocycles. The summed E-state index contributed by atoms with van der Waals surface area (Å²) in [5.41, 5.74) is 2.51. The van der Waals surface area contributed by atoms with Gasteiger partial charge in [0.15, 0.2) is 5.78 Å². The second kappa shape index (κ2) is 10.7. The molecule has 5 rings (SSSR count). The van der Waals surface area contributed by atoms with Gasteiger partial charge in [-0.05, 0) is 35.9 Å². The number of hydrogen-bond acceptors (Lipinski definition) is 5. The van der Waals surface area contributed by atoms with Crippen LogP contribution in [0, 0.1) is 0 Å². The Labute approximate surface area is 214 Å². The van der Waals surface area contributed by atoms with Gasteiger partial charge in [0, 0.05) is 59.7 Å². The van der Waals surface area contributed by atoms with E-state index in [1.165, 1.54) is 0 Å². The quantitative estimate of drug-likeness (QED) is 0.478. The number of allylic oxidation sites excluding steroid dienone is 4. The lowest BCUT2D eigenvalue weighted by Crippen LogP contribution is -2.38. The number of carbonyl (C=O) groups excluding carboxylic acids is 1. The van der Waals surface area contributed by atoms with Crippen molar-refractivity contribution in [3.8, 4) is 5.75 Å². The summed E-state index contributed by atoms with van der Waals surface area (Å²) in [7, 11) is 0. The Hall–Kier alpha value is -3.39. The minimum atomic E-state index is -1.09. The second-order valence-corrected chi connectivity index (χ2v) is 9.30. The van der Waals surface area contributed by atoms with Gasteiger partial charge in [-0.1, -0.05) is 42.0 Å². The molecular weight excluding hydrogens is 480 g/mol. The smallest absolute Gasteiger partial charge is 0.353 e. The van der Waals surface area contributed by atoms with Gasteiger partial charge in [0.2, 0.25) is 0 Å². The Kier molecular flexibility index (Phi) is 7.23. The highest BCUT2D eigenvalue weighted by Crippen LogP contribution is 2.36. The largest absolute Gasteiger partial charge is 0.492 e. The number of carbonyl (C=O) groups is 2. The molecule has 1 fully saturated rings. The molecule has 0 radical (unpaired) electrons. The number of carboxylic acid groups (broad SMARTS) is 1. The lowest BCUT2D eigenvalue weighted by Gasteiger charge is -2.26. The SMILES string of the molecule is O=C1CC=CC=C1c1c(C(=O)O)n(Cc2ccc(OCCN3CCOCC3)cc2)c2ccc(Cl)cc12. The molecule has 2 aliphatic rings. The lowest BCUT2D eigenvalue weighted by molar-refractivity contribution is -0.113. The van der Waals surface area contributed by atoms with Crippen LogP contribution in [-0.2, 0) is 16.1 Å². The van der Waals surface area contributed by atoms with Crippen LogP contribution in [0.4, 0.5) is 0 Å². The zero-order valence-electron chi connectivity index (χ0n) is 19.8. The average Bonchev–Trinajstić information content (AvgIpc) is 3.19. The molecule has 8 heteroatoms. The number of morpholine rings is 1. The molecule has 1 aliphatic heterocycles. The maximum absolute atomic E-state index is 12.7. The van der Waals surface area contributed by atoms with Crippen LogP contribution in [0.1, 0.15) is 28.0 Å². The van der Waals surface area contributed by atoms with Crippen molar-refractivity contribution >= 4 is 39.8 Å². The fourth-order valence-electron chi connectivity index (χ4n) is 4.74. The van der Waals surface area contributed by atoms with Crippen molar-refractivity contribution in [1.29, 1.82) is 0 Å². The molecule has 0 saturated carbocycles. The minimum Gasteiger partial charge on any atom is -0.492 e. The molecule has 3 aromatic rings. The van der Waals surface area contributed by atoms with E-state index in [-0.39, 0.29) is 17.9 Å². The van der Waals surface area contributed by atoms with Gasteiger partial charge < -0.3 is 19.1 Å². The van der Waals surface area contributed by atoms with E-state index >= 15 is 0 Å². The van der Waals surface area contributed by atoms with Crippen LogP contribution in [0.15, 0.2) is 60.7 Å². The lowest BCUT2D eigenvalue weighted by atomic mass is 9.93. The number of rotatable bonds is 8. The van der Waals surface area contributed by atoms with Crippen molar-refractivity contribution in [2.45, 2.75) is 13.0 Å². The Morgan fingerprint density at radius 1 is 1.11 bits per heavy atom. The normalized spacial score (nSPS) is 16.4. The fraction of sp³-hybridized carbons (Fsp3) is 0.286. The number of carboxylic acids is 1. The number of fused-ring (bicyclic) bond motifs is 1. The number of hydrogen-bond donors (Lipinski definition) is 1. The number of Topliss-reactive ketones (excluding diaryl/α,β-unsaturated/α-hetero) is 1. The van der Waals surface area contributed by atoms with E-state index in [1.807, 2.05) is 24.3 Å². The number of ether oxygens (including phenoxy) is 2. The van der Waals surface area contributed by atoms with Crippen molar-refractivity contribution in [2.75, 3.05) is 39.5 Å². The summed E-state index contributed by atoms with van der Waals surface area (Å²) in [5, 5.41) is 11.4. The van der Waals surface area contributed by atoms with Gasteiger partial charge in [0.1, 0.15) is 18.1 Å². The number of aromatic carboxylic acids is 1. The zero-order chi connectivity index (χ0) is 25.1. The second-order valence-electron chi connectivity index (χ2n) is 8.86. The first-order valence-electron chi connectivity index (χ1n) is 12.0. The maximum atomic E-state index is 12.7. The number of aromatic nitrogens is 1. The molecule has 1 aliphatic carbocycles. The van der Waals surface area contributed by atoms with Crippen LogP contribution in [0.25, 0.3) is 16.5 Å². The summed E-state index contributed by atoms with van der Waals surface area (Å²) >= 11 is 6.28. The summed E-state index contributed by atoms with van der Waals surface area (Å²) in [5.74, 6) is -0.443. The summed E-state index contributed by atoms with van der Waals surface area (Å²) in [6.07, 6.45) is 5.48. The number of halogens is 1. The van der Waals surface area contributed by atoms with E-state index in [4.69, 9.17) is 21.1 Å². The predicted octanol–water partition coefficient (Wildman–Crippen LogP) is 4.66. The van der Waals surface area contributed by atoms with Crippen molar-refractivity contribution < 1.29 is 24.2 Å². The third kappa shape index (κ3) is 5.09. The Bertz CT molecular complexity index is 1350. The molecule has 0 atom stereocenters. The molecule has 2 heterocycles. The van der Waals surface area contributed by atoms with Gasteiger partial charge in [-0.2, -0.15) is 0 Å². The summed E-state index contributed by atoms with van der Waals surface area (Å²) in [6, 6.07) is 12.9. The van der Waals surface area contributed by atoms with Crippen LogP contribution < -0.4 is 4.74 Å². The summed E-state index contributed by atoms with van der Waals surface area (Å²) in [6.45, 7) is 5.12. The van der Waals surface area contributed by atoms with E-state index in [0.717, 1.165) is 44.2 Å². The van der Waals surface area contributed by atoms with Crippen LogP contribution in [0.5, 0.6) is 5.75 Å². The Morgan fingerprint density at radius 2 is 1.89 bits per heavy atom. The highest BCUT2D eigenvalue weighted by molar-refractivity contribution is 6.32. The number of nitrogens with zero attached hydrogens (tertiary/aromatic N) is 2. The third-order valence-electron chi connectivity index (χ3n) is 6.54. The van der Waals surface area contributed by atoms with E-state index in [2.05, 4.69) is 4.90 Å². The molecule has 0 spiro atoms. The molecule has 1 N–H and O–H groups in total. The van der Waals surface area contributed by atoms with Crippen LogP contribution >= 0.6 is 11.6 Å². The topological polar surface area (TPSA) is 81.0 Å².